The van der Waals surface area contributed by atoms with E-state index in [2.05, 4.69) is 11.9 Å². The smallest absolute Gasteiger partial charge is 0.407 e. The first-order valence-corrected chi connectivity index (χ1v) is 7.69. The normalized spacial score (nSPS) is 10.4. The van der Waals surface area contributed by atoms with E-state index in [1.54, 1.807) is 6.20 Å². The van der Waals surface area contributed by atoms with Gasteiger partial charge in [-0.05, 0) is 24.1 Å². The SMILES string of the molecule is CCCCCN(Cc1ccc(-c2ccccn2)cc1)C(=O)O. The van der Waals surface area contributed by atoms with Gasteiger partial charge in [-0.25, -0.2) is 4.79 Å². The van der Waals surface area contributed by atoms with Crippen molar-refractivity contribution in [3.63, 3.8) is 0 Å². The number of amides is 1. The van der Waals surface area contributed by atoms with Crippen molar-refractivity contribution >= 4 is 6.09 Å². The highest BCUT2D eigenvalue weighted by Gasteiger charge is 2.11. The largest absolute Gasteiger partial charge is 0.465 e. The fourth-order valence-corrected chi connectivity index (χ4v) is 2.33. The molecule has 1 heterocycles. The van der Waals surface area contributed by atoms with Crippen molar-refractivity contribution in [3.8, 4) is 11.3 Å². The summed E-state index contributed by atoms with van der Waals surface area (Å²) in [5, 5.41) is 9.28. The Morgan fingerprint density at radius 1 is 1.14 bits per heavy atom. The highest BCUT2D eigenvalue weighted by molar-refractivity contribution is 5.65. The average Bonchev–Trinajstić information content (AvgIpc) is 2.55. The molecule has 116 valence electrons. The van der Waals surface area contributed by atoms with Crippen LogP contribution in [-0.2, 0) is 6.54 Å². The molecule has 0 radical (unpaired) electrons. The third kappa shape index (κ3) is 4.58. The average molecular weight is 298 g/mol. The molecule has 2 aromatic rings. The maximum Gasteiger partial charge on any atom is 0.407 e. The Morgan fingerprint density at radius 3 is 2.50 bits per heavy atom. The highest BCUT2D eigenvalue weighted by Crippen LogP contribution is 2.17. The van der Waals surface area contributed by atoms with Crippen LogP contribution < -0.4 is 0 Å². The molecular formula is C18H22N2O2. The lowest BCUT2D eigenvalue weighted by Gasteiger charge is -2.19. The predicted octanol–water partition coefficient (Wildman–Crippen LogP) is 4.42. The first-order chi connectivity index (χ1) is 10.7. The first-order valence-electron chi connectivity index (χ1n) is 7.69. The number of benzene rings is 1. The number of nitrogens with zero attached hydrogens (tertiary/aromatic N) is 2. The quantitative estimate of drug-likeness (QED) is 0.770. The van der Waals surface area contributed by atoms with Crippen molar-refractivity contribution in [1.29, 1.82) is 0 Å². The molecule has 4 nitrogen and oxygen atoms in total. The molecule has 0 aliphatic heterocycles. The van der Waals surface area contributed by atoms with E-state index in [1.807, 2.05) is 42.5 Å². The Bertz CT molecular complexity index is 582. The number of aromatic nitrogens is 1. The lowest BCUT2D eigenvalue weighted by atomic mass is 10.1. The number of unbranched alkanes of at least 4 members (excludes halogenated alkanes) is 2. The summed E-state index contributed by atoms with van der Waals surface area (Å²) < 4.78 is 0. The fourth-order valence-electron chi connectivity index (χ4n) is 2.33. The zero-order valence-electron chi connectivity index (χ0n) is 12.9. The van der Waals surface area contributed by atoms with Crippen LogP contribution in [0.15, 0.2) is 48.7 Å². The van der Waals surface area contributed by atoms with Gasteiger partial charge in [-0.15, -0.1) is 0 Å². The monoisotopic (exact) mass is 298 g/mol. The Labute approximate surface area is 131 Å². The molecule has 0 saturated heterocycles. The Hall–Kier alpha value is -2.36. The summed E-state index contributed by atoms with van der Waals surface area (Å²) in [6, 6.07) is 13.7. The van der Waals surface area contributed by atoms with E-state index in [0.29, 0.717) is 13.1 Å². The lowest BCUT2D eigenvalue weighted by molar-refractivity contribution is 0.141. The fraction of sp³-hybridized carbons (Fsp3) is 0.333. The minimum atomic E-state index is -0.857. The number of carboxylic acid groups (broad SMARTS) is 1. The minimum Gasteiger partial charge on any atom is -0.465 e. The molecule has 22 heavy (non-hydrogen) atoms. The molecular weight excluding hydrogens is 276 g/mol. The van der Waals surface area contributed by atoms with Crippen LogP contribution in [0.5, 0.6) is 0 Å². The molecule has 0 spiro atoms. The van der Waals surface area contributed by atoms with Gasteiger partial charge in [0.05, 0.1) is 5.69 Å². The van der Waals surface area contributed by atoms with Crippen molar-refractivity contribution in [2.24, 2.45) is 0 Å². The highest BCUT2D eigenvalue weighted by atomic mass is 16.4. The maximum absolute atomic E-state index is 11.3. The molecule has 0 fully saturated rings. The topological polar surface area (TPSA) is 53.4 Å². The van der Waals surface area contributed by atoms with Gasteiger partial charge in [0.1, 0.15) is 0 Å². The number of carbonyl (C=O) groups is 1. The van der Waals surface area contributed by atoms with Gasteiger partial charge in [-0.2, -0.15) is 0 Å². The van der Waals surface area contributed by atoms with Gasteiger partial charge >= 0.3 is 6.09 Å². The number of hydrogen-bond donors (Lipinski definition) is 1. The lowest BCUT2D eigenvalue weighted by Crippen LogP contribution is -2.29. The summed E-state index contributed by atoms with van der Waals surface area (Å²) in [6.07, 6.45) is 3.97. The molecule has 1 aromatic heterocycles. The molecule has 4 heteroatoms. The van der Waals surface area contributed by atoms with E-state index < -0.39 is 6.09 Å². The maximum atomic E-state index is 11.3. The Morgan fingerprint density at radius 2 is 1.91 bits per heavy atom. The van der Waals surface area contributed by atoms with E-state index in [1.165, 1.54) is 4.90 Å². The summed E-state index contributed by atoms with van der Waals surface area (Å²) in [5.41, 5.74) is 2.96. The third-order valence-electron chi connectivity index (χ3n) is 3.59. The molecule has 0 atom stereocenters. The predicted molar refractivity (Wildman–Crippen MR) is 87.6 cm³/mol. The number of hydrogen-bond acceptors (Lipinski definition) is 2. The van der Waals surface area contributed by atoms with E-state index in [-0.39, 0.29) is 0 Å². The summed E-state index contributed by atoms with van der Waals surface area (Å²) in [7, 11) is 0. The van der Waals surface area contributed by atoms with Crippen molar-refractivity contribution in [1.82, 2.24) is 9.88 Å². The zero-order chi connectivity index (χ0) is 15.8. The van der Waals surface area contributed by atoms with Crippen LogP contribution in [0.1, 0.15) is 31.7 Å². The minimum absolute atomic E-state index is 0.432. The van der Waals surface area contributed by atoms with Crippen LogP contribution in [0.25, 0.3) is 11.3 Å². The number of rotatable bonds is 7. The van der Waals surface area contributed by atoms with Crippen molar-refractivity contribution in [2.75, 3.05) is 6.54 Å². The van der Waals surface area contributed by atoms with Crippen LogP contribution >= 0.6 is 0 Å². The summed E-state index contributed by atoms with van der Waals surface area (Å²) in [6.45, 7) is 3.13. The van der Waals surface area contributed by atoms with E-state index in [0.717, 1.165) is 36.1 Å². The van der Waals surface area contributed by atoms with Crippen molar-refractivity contribution < 1.29 is 9.90 Å². The first kappa shape index (κ1) is 16.0. The molecule has 0 aliphatic carbocycles. The van der Waals surface area contributed by atoms with Gasteiger partial charge in [0.15, 0.2) is 0 Å². The van der Waals surface area contributed by atoms with Gasteiger partial charge < -0.3 is 10.0 Å². The van der Waals surface area contributed by atoms with Crippen molar-refractivity contribution in [2.45, 2.75) is 32.7 Å². The van der Waals surface area contributed by atoms with E-state index in [9.17, 15) is 9.90 Å². The Balaban J connectivity index is 2.01. The molecule has 1 aromatic carbocycles. The van der Waals surface area contributed by atoms with Crippen molar-refractivity contribution in [3.05, 3.63) is 54.2 Å². The standard InChI is InChI=1S/C18H22N2O2/c1-2-3-6-13-20(18(21)22)14-15-8-10-16(11-9-15)17-7-4-5-12-19-17/h4-5,7-12H,2-3,6,13-14H2,1H3,(H,21,22). The summed E-state index contributed by atoms with van der Waals surface area (Å²) >= 11 is 0. The molecule has 2 rings (SSSR count). The van der Waals surface area contributed by atoms with Crippen LogP contribution in [0.4, 0.5) is 4.79 Å². The molecule has 1 N–H and O–H groups in total. The van der Waals surface area contributed by atoms with Gasteiger partial charge in [0.2, 0.25) is 0 Å². The second-order valence-corrected chi connectivity index (χ2v) is 5.32. The molecule has 0 saturated carbocycles. The summed E-state index contributed by atoms with van der Waals surface area (Å²) in [5.74, 6) is 0. The van der Waals surface area contributed by atoms with Crippen LogP contribution in [0.3, 0.4) is 0 Å². The molecule has 0 bridgehead atoms. The number of pyridine rings is 1. The van der Waals surface area contributed by atoms with Gasteiger partial charge in [-0.3, -0.25) is 4.98 Å². The van der Waals surface area contributed by atoms with Gasteiger partial charge in [0, 0.05) is 24.8 Å². The molecule has 1 amide bonds. The second kappa shape index (κ2) is 8.17. The third-order valence-corrected chi connectivity index (χ3v) is 3.59. The van der Waals surface area contributed by atoms with Gasteiger partial charge in [-0.1, -0.05) is 50.1 Å². The van der Waals surface area contributed by atoms with Crippen LogP contribution in [0.2, 0.25) is 0 Å². The van der Waals surface area contributed by atoms with E-state index >= 15 is 0 Å². The van der Waals surface area contributed by atoms with Crippen LogP contribution in [-0.4, -0.2) is 27.6 Å². The second-order valence-electron chi connectivity index (χ2n) is 5.32. The summed E-state index contributed by atoms with van der Waals surface area (Å²) in [4.78, 5) is 17.1. The molecule has 0 aliphatic rings. The van der Waals surface area contributed by atoms with E-state index in [4.69, 9.17) is 0 Å². The van der Waals surface area contributed by atoms with Gasteiger partial charge in [0.25, 0.3) is 0 Å². The Kier molecular flexibility index (Phi) is 5.95. The van der Waals surface area contributed by atoms with Crippen LogP contribution in [0, 0.1) is 0 Å². The zero-order valence-corrected chi connectivity index (χ0v) is 12.9. The molecule has 0 unspecified atom stereocenters.